The van der Waals surface area contributed by atoms with Crippen LogP contribution in [0.5, 0.6) is 0 Å². The number of hydrogen-bond donors (Lipinski definition) is 1. The second kappa shape index (κ2) is 7.12. The van der Waals surface area contributed by atoms with Gasteiger partial charge >= 0.3 is 0 Å². The van der Waals surface area contributed by atoms with Crippen molar-refractivity contribution < 1.29 is 4.39 Å². The number of fused-ring (bicyclic) bond motifs is 3. The molecule has 4 aromatic rings. The number of hydrogen-bond acceptors (Lipinski definition) is 4. The van der Waals surface area contributed by atoms with Crippen molar-refractivity contribution in [1.82, 2.24) is 15.0 Å². The molecule has 7 heteroatoms. The number of benzene rings is 2. The van der Waals surface area contributed by atoms with Crippen LogP contribution in [0.15, 0.2) is 48.7 Å². The van der Waals surface area contributed by atoms with Gasteiger partial charge in [0.15, 0.2) is 0 Å². The summed E-state index contributed by atoms with van der Waals surface area (Å²) in [5, 5.41) is 10.2. The third-order valence-corrected chi connectivity index (χ3v) is 5.85. The standard InChI is InChI=1S/C23H17ClFN5/c1-13-6-8-27-23(28-13)30-9-7-16-17-10-18(24)19(25)11-20(17)29-21(16)22(30)15-4-2-14(12-26)3-5-15/h2-6,8,10-11,22,29H,7,9H2,1H3. The Morgan fingerprint density at radius 1 is 1.23 bits per heavy atom. The van der Waals surface area contributed by atoms with Crippen LogP contribution < -0.4 is 4.90 Å². The van der Waals surface area contributed by atoms with E-state index in [0.717, 1.165) is 34.3 Å². The van der Waals surface area contributed by atoms with E-state index in [-0.39, 0.29) is 11.1 Å². The van der Waals surface area contributed by atoms with Gasteiger partial charge in [-0.05, 0) is 54.8 Å². The lowest BCUT2D eigenvalue weighted by Gasteiger charge is -2.36. The second-order valence-corrected chi connectivity index (χ2v) is 7.81. The SMILES string of the molecule is Cc1ccnc(N2CCc3c([nH]c4cc(F)c(Cl)cc34)C2c2ccc(C#N)cc2)n1. The number of halogens is 2. The minimum atomic E-state index is -0.448. The fraction of sp³-hybridized carbons (Fsp3) is 0.174. The minimum Gasteiger partial charge on any atom is -0.356 e. The van der Waals surface area contributed by atoms with Gasteiger partial charge in [0, 0.05) is 35.0 Å². The molecule has 3 heterocycles. The normalized spacial score (nSPS) is 15.8. The molecule has 0 spiro atoms. The van der Waals surface area contributed by atoms with Gasteiger partial charge in [-0.2, -0.15) is 5.26 Å². The summed E-state index contributed by atoms with van der Waals surface area (Å²) < 4.78 is 14.1. The first-order valence-corrected chi connectivity index (χ1v) is 9.99. The van der Waals surface area contributed by atoms with Gasteiger partial charge in [0.2, 0.25) is 5.95 Å². The Bertz CT molecular complexity index is 1310. The molecule has 0 saturated heterocycles. The highest BCUT2D eigenvalue weighted by atomic mass is 35.5. The van der Waals surface area contributed by atoms with E-state index < -0.39 is 5.82 Å². The van der Waals surface area contributed by atoms with E-state index in [0.29, 0.717) is 23.6 Å². The molecule has 1 N–H and O–H groups in total. The Labute approximate surface area is 177 Å². The van der Waals surface area contributed by atoms with Crippen LogP contribution in [-0.2, 0) is 6.42 Å². The van der Waals surface area contributed by atoms with Crippen molar-refractivity contribution in [2.75, 3.05) is 11.4 Å². The third-order valence-electron chi connectivity index (χ3n) is 5.56. The molecule has 2 aromatic carbocycles. The van der Waals surface area contributed by atoms with Crippen LogP contribution in [0.2, 0.25) is 5.02 Å². The number of aromatic amines is 1. The van der Waals surface area contributed by atoms with E-state index in [9.17, 15) is 4.39 Å². The van der Waals surface area contributed by atoms with E-state index in [2.05, 4.69) is 25.9 Å². The van der Waals surface area contributed by atoms with Crippen molar-refractivity contribution in [1.29, 1.82) is 5.26 Å². The molecule has 1 aliphatic heterocycles. The monoisotopic (exact) mass is 417 g/mol. The Hall–Kier alpha value is -3.43. The maximum absolute atomic E-state index is 14.1. The number of H-pyrrole nitrogens is 1. The van der Waals surface area contributed by atoms with Crippen molar-refractivity contribution >= 4 is 28.5 Å². The predicted molar refractivity (Wildman–Crippen MR) is 114 cm³/mol. The maximum atomic E-state index is 14.1. The summed E-state index contributed by atoms with van der Waals surface area (Å²) in [5.74, 6) is 0.189. The number of nitrogens with zero attached hydrogens (tertiary/aromatic N) is 4. The second-order valence-electron chi connectivity index (χ2n) is 7.41. The maximum Gasteiger partial charge on any atom is 0.226 e. The summed E-state index contributed by atoms with van der Waals surface area (Å²) in [7, 11) is 0. The number of nitrogens with one attached hydrogen (secondary N) is 1. The van der Waals surface area contributed by atoms with Gasteiger partial charge in [-0.25, -0.2) is 14.4 Å². The lowest BCUT2D eigenvalue weighted by molar-refractivity contribution is 0.625. The molecule has 0 bridgehead atoms. The van der Waals surface area contributed by atoms with E-state index >= 15 is 0 Å². The molecule has 0 amide bonds. The minimum absolute atomic E-state index is 0.115. The Morgan fingerprint density at radius 2 is 2.03 bits per heavy atom. The first kappa shape index (κ1) is 18.6. The third kappa shape index (κ3) is 2.99. The van der Waals surface area contributed by atoms with Crippen LogP contribution in [0.4, 0.5) is 10.3 Å². The molecule has 1 atom stereocenters. The average molecular weight is 418 g/mol. The summed E-state index contributed by atoms with van der Waals surface area (Å²) >= 11 is 6.07. The lowest BCUT2D eigenvalue weighted by atomic mass is 9.92. The summed E-state index contributed by atoms with van der Waals surface area (Å²) in [5.41, 5.74) is 5.28. The smallest absolute Gasteiger partial charge is 0.226 e. The van der Waals surface area contributed by atoms with Gasteiger partial charge in [-0.3, -0.25) is 0 Å². The highest BCUT2D eigenvalue weighted by molar-refractivity contribution is 6.31. The lowest BCUT2D eigenvalue weighted by Crippen LogP contribution is -2.37. The van der Waals surface area contributed by atoms with E-state index in [4.69, 9.17) is 16.9 Å². The first-order valence-electron chi connectivity index (χ1n) is 9.61. The summed E-state index contributed by atoms with van der Waals surface area (Å²) in [6.07, 6.45) is 2.50. The number of rotatable bonds is 2. The molecule has 5 nitrogen and oxygen atoms in total. The Balaban J connectivity index is 1.72. The first-order chi connectivity index (χ1) is 14.5. The Kier molecular flexibility index (Phi) is 4.41. The van der Waals surface area contributed by atoms with Crippen molar-refractivity contribution in [3.63, 3.8) is 0 Å². The molecule has 1 unspecified atom stereocenters. The molecular formula is C23H17ClFN5. The zero-order valence-corrected chi connectivity index (χ0v) is 16.9. The molecule has 0 aliphatic carbocycles. The topological polar surface area (TPSA) is 68.6 Å². The fourth-order valence-electron chi connectivity index (χ4n) is 4.16. The van der Waals surface area contributed by atoms with Crippen LogP contribution in [0, 0.1) is 24.1 Å². The number of anilines is 1. The van der Waals surface area contributed by atoms with Crippen LogP contribution in [0.1, 0.15) is 34.1 Å². The Morgan fingerprint density at radius 3 is 2.77 bits per heavy atom. The van der Waals surface area contributed by atoms with Gasteiger partial charge in [0.25, 0.3) is 0 Å². The highest BCUT2D eigenvalue weighted by Gasteiger charge is 2.33. The molecule has 30 heavy (non-hydrogen) atoms. The van der Waals surface area contributed by atoms with Crippen molar-refractivity contribution in [3.05, 3.63) is 87.6 Å². The fourth-order valence-corrected chi connectivity index (χ4v) is 4.33. The van der Waals surface area contributed by atoms with Crippen LogP contribution in [0.25, 0.3) is 10.9 Å². The molecule has 2 aromatic heterocycles. The van der Waals surface area contributed by atoms with Gasteiger partial charge in [0.05, 0.1) is 22.7 Å². The van der Waals surface area contributed by atoms with Gasteiger partial charge in [-0.1, -0.05) is 23.7 Å². The van der Waals surface area contributed by atoms with Crippen molar-refractivity contribution in [3.8, 4) is 6.07 Å². The molecular weight excluding hydrogens is 401 g/mol. The quantitative estimate of drug-likeness (QED) is 0.493. The van der Waals surface area contributed by atoms with Crippen LogP contribution in [0.3, 0.4) is 0 Å². The van der Waals surface area contributed by atoms with Crippen molar-refractivity contribution in [2.45, 2.75) is 19.4 Å². The van der Waals surface area contributed by atoms with E-state index in [1.165, 1.54) is 6.07 Å². The van der Waals surface area contributed by atoms with E-state index in [1.807, 2.05) is 25.1 Å². The zero-order chi connectivity index (χ0) is 20.8. The summed E-state index contributed by atoms with van der Waals surface area (Å²) in [6.45, 7) is 2.63. The molecule has 5 rings (SSSR count). The molecule has 148 valence electrons. The number of aryl methyl sites for hydroxylation is 1. The largest absolute Gasteiger partial charge is 0.356 e. The van der Waals surface area contributed by atoms with Gasteiger partial charge < -0.3 is 9.88 Å². The molecule has 1 aliphatic rings. The number of aromatic nitrogens is 3. The molecule has 0 saturated carbocycles. The summed E-state index contributed by atoms with van der Waals surface area (Å²) in [6, 6.07) is 14.5. The van der Waals surface area contributed by atoms with Crippen LogP contribution >= 0.6 is 11.6 Å². The summed E-state index contributed by atoms with van der Waals surface area (Å²) in [4.78, 5) is 14.7. The average Bonchev–Trinajstić information content (AvgIpc) is 3.10. The highest BCUT2D eigenvalue weighted by Crippen LogP contribution is 2.40. The van der Waals surface area contributed by atoms with Gasteiger partial charge in [-0.15, -0.1) is 0 Å². The van der Waals surface area contributed by atoms with Gasteiger partial charge in [0.1, 0.15) is 5.82 Å². The number of nitriles is 1. The van der Waals surface area contributed by atoms with Crippen molar-refractivity contribution in [2.24, 2.45) is 0 Å². The van der Waals surface area contributed by atoms with Crippen LogP contribution in [-0.4, -0.2) is 21.5 Å². The molecule has 0 radical (unpaired) electrons. The van der Waals surface area contributed by atoms with E-state index in [1.54, 1.807) is 24.4 Å². The molecule has 0 fully saturated rings. The predicted octanol–water partition coefficient (Wildman–Crippen LogP) is 5.08. The zero-order valence-electron chi connectivity index (χ0n) is 16.2.